The van der Waals surface area contributed by atoms with Crippen molar-refractivity contribution in [3.63, 3.8) is 0 Å². The number of amides is 2. The van der Waals surface area contributed by atoms with Gasteiger partial charge in [0, 0.05) is 12.6 Å². The summed E-state index contributed by atoms with van der Waals surface area (Å²) in [6.45, 7) is 3.91. The molecule has 0 saturated heterocycles. The van der Waals surface area contributed by atoms with Gasteiger partial charge in [-0.25, -0.2) is 9.69 Å². The highest BCUT2D eigenvalue weighted by atomic mass is 32.1. The molecule has 2 aliphatic heterocycles. The second-order valence-electron chi connectivity index (χ2n) is 8.74. The Morgan fingerprint density at radius 2 is 2.05 bits per heavy atom. The van der Waals surface area contributed by atoms with Gasteiger partial charge in [0.2, 0.25) is 0 Å². The number of anilines is 1. The Balaban J connectivity index is 1.67. The highest BCUT2D eigenvalue weighted by molar-refractivity contribution is 7.08. The number of carboxylic acid groups (broad SMARTS) is 1. The quantitative estimate of drug-likeness (QED) is 0.314. The zero-order valence-electron chi connectivity index (χ0n) is 21.4. The summed E-state index contributed by atoms with van der Waals surface area (Å²) >= 11 is 1.55. The maximum Gasteiger partial charge on any atom is 0.416 e. The summed E-state index contributed by atoms with van der Waals surface area (Å²) in [5, 5.41) is 24.3. The molecule has 4 rings (SSSR count). The summed E-state index contributed by atoms with van der Waals surface area (Å²) < 4.78 is 21.8. The van der Waals surface area contributed by atoms with Gasteiger partial charge < -0.3 is 34.1 Å². The van der Waals surface area contributed by atoms with Crippen molar-refractivity contribution in [2.45, 2.75) is 25.1 Å². The number of benzene rings is 1. The molecule has 1 aromatic carbocycles. The fraction of sp³-hybridized carbons (Fsp3) is 0.370. The van der Waals surface area contributed by atoms with E-state index in [9.17, 15) is 19.5 Å². The van der Waals surface area contributed by atoms with Crippen molar-refractivity contribution in [3.05, 3.63) is 58.8 Å². The second-order valence-corrected chi connectivity index (χ2v) is 9.52. The fourth-order valence-electron chi connectivity index (χ4n) is 4.49. The molecule has 0 saturated carbocycles. The van der Waals surface area contributed by atoms with E-state index in [0.717, 1.165) is 16.0 Å². The molecule has 1 aromatic heterocycles. The molecule has 3 heterocycles. The van der Waals surface area contributed by atoms with E-state index in [1.54, 1.807) is 11.3 Å². The lowest BCUT2D eigenvalue weighted by Gasteiger charge is -2.38. The molecule has 2 aliphatic rings. The summed E-state index contributed by atoms with van der Waals surface area (Å²) in [5.74, 6) is -0.900. The minimum Gasteiger partial charge on any atom is -0.493 e. The van der Waals surface area contributed by atoms with Crippen LogP contribution in [-0.4, -0.2) is 85.4 Å². The highest BCUT2D eigenvalue weighted by Gasteiger charge is 2.44. The summed E-state index contributed by atoms with van der Waals surface area (Å²) in [4.78, 5) is 40.3. The van der Waals surface area contributed by atoms with Crippen LogP contribution in [0.2, 0.25) is 0 Å². The molecule has 2 atom stereocenters. The van der Waals surface area contributed by atoms with Gasteiger partial charge in [-0.15, -0.1) is 0 Å². The summed E-state index contributed by atoms with van der Waals surface area (Å²) in [7, 11) is 1.42. The van der Waals surface area contributed by atoms with Gasteiger partial charge in [0.15, 0.2) is 17.7 Å². The third-order valence-corrected chi connectivity index (χ3v) is 7.05. The van der Waals surface area contributed by atoms with E-state index >= 15 is 0 Å². The Bertz CT molecular complexity index is 1240. The second kappa shape index (κ2) is 12.8. The molecule has 208 valence electrons. The van der Waals surface area contributed by atoms with Gasteiger partial charge in [-0.3, -0.25) is 9.59 Å². The molecule has 1 unspecified atom stereocenters. The van der Waals surface area contributed by atoms with E-state index < -0.39 is 24.3 Å². The van der Waals surface area contributed by atoms with Gasteiger partial charge in [-0.1, -0.05) is 18.7 Å². The standard InChI is InChI=1S/C27H30N2O9S/c1-3-8-38-27(34)29-20-15-23(37-11-10-36-9-5-24(30)31)22(35-2)14-19(20)25(32)28-7-4-17(13-21(28)26(29)33)18-6-12-39-16-18/h3-4,6,12,14-16,21,26,33H,1,5,7-11,13H2,2H3,(H,30,31)/t21-,26?/m0/s1. The molecule has 2 N–H and O–H groups in total. The van der Waals surface area contributed by atoms with Crippen LogP contribution < -0.4 is 14.4 Å². The first-order valence-corrected chi connectivity index (χ1v) is 13.2. The molecule has 0 fully saturated rings. The van der Waals surface area contributed by atoms with Gasteiger partial charge in [0.25, 0.3) is 5.91 Å². The SMILES string of the molecule is C=CCOC(=O)N1c2cc(OCCOCCC(=O)O)c(OC)cc2C(=O)N2CC=C(c3ccsc3)C[C@H]2C1O. The number of aliphatic hydroxyl groups excluding tert-OH is 1. The number of hydrogen-bond donors (Lipinski definition) is 2. The van der Waals surface area contributed by atoms with Crippen LogP contribution in [0.25, 0.3) is 5.57 Å². The minimum atomic E-state index is -1.42. The first kappa shape index (κ1) is 28.1. The smallest absolute Gasteiger partial charge is 0.416 e. The number of fused-ring (bicyclic) bond motifs is 2. The van der Waals surface area contributed by atoms with E-state index in [0.29, 0.717) is 6.42 Å². The molecule has 12 heteroatoms. The van der Waals surface area contributed by atoms with Crippen LogP contribution in [-0.2, 0) is 14.3 Å². The Morgan fingerprint density at radius 3 is 2.74 bits per heavy atom. The lowest BCUT2D eigenvalue weighted by Crippen LogP contribution is -2.54. The number of aliphatic carboxylic acids is 1. The van der Waals surface area contributed by atoms with Crippen molar-refractivity contribution in [2.24, 2.45) is 0 Å². The molecule has 11 nitrogen and oxygen atoms in total. The number of ether oxygens (including phenoxy) is 4. The molecular formula is C27H30N2O9S. The van der Waals surface area contributed by atoms with Gasteiger partial charge in [0.05, 0.1) is 44.0 Å². The van der Waals surface area contributed by atoms with Crippen LogP contribution in [0.15, 0.2) is 47.7 Å². The van der Waals surface area contributed by atoms with E-state index in [1.165, 1.54) is 30.2 Å². The lowest BCUT2D eigenvalue weighted by atomic mass is 9.94. The normalized spacial score (nSPS) is 18.4. The topological polar surface area (TPSA) is 135 Å². The van der Waals surface area contributed by atoms with Crippen molar-refractivity contribution in [1.29, 1.82) is 0 Å². The van der Waals surface area contributed by atoms with Crippen LogP contribution in [0, 0.1) is 0 Å². The van der Waals surface area contributed by atoms with E-state index in [1.807, 2.05) is 22.9 Å². The van der Waals surface area contributed by atoms with E-state index in [2.05, 4.69) is 6.58 Å². The van der Waals surface area contributed by atoms with Gasteiger partial charge >= 0.3 is 12.1 Å². The third kappa shape index (κ3) is 6.24. The van der Waals surface area contributed by atoms with Crippen LogP contribution in [0.1, 0.15) is 28.8 Å². The molecule has 0 spiro atoms. The molecule has 0 bridgehead atoms. The van der Waals surface area contributed by atoms with Crippen LogP contribution in [0.5, 0.6) is 11.5 Å². The molecule has 2 amide bonds. The Kier molecular flexibility index (Phi) is 9.23. The number of hydrogen-bond acceptors (Lipinski definition) is 9. The summed E-state index contributed by atoms with van der Waals surface area (Å²) in [6.07, 6.45) is 1.29. The average Bonchev–Trinajstić information content (AvgIpc) is 3.45. The largest absolute Gasteiger partial charge is 0.493 e. The number of aliphatic hydroxyl groups is 1. The number of carboxylic acids is 1. The highest BCUT2D eigenvalue weighted by Crippen LogP contribution is 2.42. The van der Waals surface area contributed by atoms with Gasteiger partial charge in [-0.05, 0) is 40.5 Å². The minimum absolute atomic E-state index is 0.0300. The van der Waals surface area contributed by atoms with Crippen molar-refractivity contribution in [2.75, 3.05) is 45.0 Å². The zero-order valence-corrected chi connectivity index (χ0v) is 22.2. The first-order chi connectivity index (χ1) is 18.8. The van der Waals surface area contributed by atoms with Gasteiger partial charge in [0.1, 0.15) is 13.2 Å². The Morgan fingerprint density at radius 1 is 1.23 bits per heavy atom. The Labute approximate surface area is 229 Å². The van der Waals surface area contributed by atoms with Crippen molar-refractivity contribution in [1.82, 2.24) is 4.90 Å². The predicted molar refractivity (Wildman–Crippen MR) is 143 cm³/mol. The predicted octanol–water partition coefficient (Wildman–Crippen LogP) is 3.39. The zero-order chi connectivity index (χ0) is 27.9. The number of rotatable bonds is 11. The monoisotopic (exact) mass is 558 g/mol. The van der Waals surface area contributed by atoms with E-state index in [4.69, 9.17) is 24.1 Å². The average molecular weight is 559 g/mol. The molecule has 0 aliphatic carbocycles. The lowest BCUT2D eigenvalue weighted by molar-refractivity contribution is -0.138. The summed E-state index contributed by atoms with van der Waals surface area (Å²) in [6, 6.07) is 4.16. The molecule has 2 aromatic rings. The van der Waals surface area contributed by atoms with Crippen LogP contribution in [0.3, 0.4) is 0 Å². The number of carbonyl (C=O) groups excluding carboxylic acids is 2. The maximum atomic E-state index is 13.8. The molecule has 39 heavy (non-hydrogen) atoms. The van der Waals surface area contributed by atoms with Crippen LogP contribution >= 0.6 is 11.3 Å². The molecule has 0 radical (unpaired) electrons. The maximum absolute atomic E-state index is 13.8. The molecular weight excluding hydrogens is 528 g/mol. The van der Waals surface area contributed by atoms with Crippen molar-refractivity contribution >= 4 is 40.6 Å². The van der Waals surface area contributed by atoms with Crippen LogP contribution in [0.4, 0.5) is 10.5 Å². The number of carbonyl (C=O) groups is 3. The first-order valence-electron chi connectivity index (χ1n) is 12.3. The van der Waals surface area contributed by atoms with Crippen molar-refractivity contribution < 1.29 is 43.5 Å². The fourth-order valence-corrected chi connectivity index (χ4v) is 5.17. The number of thiophene rings is 1. The number of methoxy groups -OCH3 is 1. The van der Waals surface area contributed by atoms with Gasteiger partial charge in [-0.2, -0.15) is 11.3 Å². The van der Waals surface area contributed by atoms with Crippen molar-refractivity contribution in [3.8, 4) is 11.5 Å². The third-order valence-electron chi connectivity index (χ3n) is 6.36. The number of nitrogens with zero attached hydrogens (tertiary/aromatic N) is 2. The summed E-state index contributed by atoms with van der Waals surface area (Å²) in [5.41, 5.74) is 2.22. The Hall–Kier alpha value is -3.87. The van der Waals surface area contributed by atoms with E-state index in [-0.39, 0.29) is 68.1 Å².